The second-order valence-electron chi connectivity index (χ2n) is 4.37. The summed E-state index contributed by atoms with van der Waals surface area (Å²) in [6.45, 7) is 7.53. The molecule has 6 heteroatoms. The van der Waals surface area contributed by atoms with Crippen LogP contribution in [0.4, 0.5) is 0 Å². The molecule has 0 spiro atoms. The van der Waals surface area contributed by atoms with Crippen LogP contribution >= 0.6 is 0 Å². The van der Waals surface area contributed by atoms with Gasteiger partial charge in [-0.3, -0.25) is 0 Å². The molecule has 0 unspecified atom stereocenters. The van der Waals surface area contributed by atoms with Crippen LogP contribution in [0.3, 0.4) is 0 Å². The predicted molar refractivity (Wildman–Crippen MR) is 75.0 cm³/mol. The molecule has 0 saturated heterocycles. The van der Waals surface area contributed by atoms with Crippen molar-refractivity contribution in [3.8, 4) is 0 Å². The fourth-order valence-electron chi connectivity index (χ4n) is 1.54. The summed E-state index contributed by atoms with van der Waals surface area (Å²) >= 11 is 0. The van der Waals surface area contributed by atoms with Gasteiger partial charge in [0, 0.05) is 6.54 Å². The summed E-state index contributed by atoms with van der Waals surface area (Å²) in [4.78, 5) is 0.214. The Hall–Kier alpha value is -1.66. The van der Waals surface area contributed by atoms with Crippen molar-refractivity contribution in [3.63, 3.8) is 0 Å². The Labute approximate surface area is 113 Å². The second kappa shape index (κ2) is 6.49. The van der Waals surface area contributed by atoms with E-state index in [4.69, 9.17) is 5.21 Å². The lowest BCUT2D eigenvalue weighted by molar-refractivity contribution is 0.319. The highest BCUT2D eigenvalue weighted by Gasteiger charge is 2.23. The summed E-state index contributed by atoms with van der Waals surface area (Å²) in [7, 11) is -3.62. The molecule has 0 aliphatic rings. The van der Waals surface area contributed by atoms with Crippen LogP contribution in [0.15, 0.2) is 46.5 Å². The first-order valence-electron chi connectivity index (χ1n) is 5.75. The Morgan fingerprint density at radius 3 is 2.47 bits per heavy atom. The minimum Gasteiger partial charge on any atom is -0.411 e. The first kappa shape index (κ1) is 15.4. The largest absolute Gasteiger partial charge is 0.411 e. The highest BCUT2D eigenvalue weighted by Crippen LogP contribution is 2.16. The zero-order valence-electron chi connectivity index (χ0n) is 11.1. The molecule has 1 N–H and O–H groups in total. The topological polar surface area (TPSA) is 70.0 Å². The van der Waals surface area contributed by atoms with Crippen LogP contribution in [0.25, 0.3) is 0 Å². The number of sulfonamides is 1. The fourth-order valence-corrected chi connectivity index (χ4v) is 2.97. The average molecular weight is 282 g/mol. The highest BCUT2D eigenvalue weighted by atomic mass is 32.2. The van der Waals surface area contributed by atoms with Crippen molar-refractivity contribution in [2.45, 2.75) is 18.7 Å². The van der Waals surface area contributed by atoms with Crippen molar-refractivity contribution >= 4 is 16.2 Å². The van der Waals surface area contributed by atoms with Gasteiger partial charge in [-0.1, -0.05) is 29.8 Å². The molecule has 19 heavy (non-hydrogen) atoms. The van der Waals surface area contributed by atoms with Gasteiger partial charge in [-0.05, 0) is 26.0 Å². The molecule has 104 valence electrons. The van der Waals surface area contributed by atoms with Crippen LogP contribution in [0.2, 0.25) is 0 Å². The van der Waals surface area contributed by atoms with Gasteiger partial charge in [-0.15, -0.1) is 5.16 Å². The van der Waals surface area contributed by atoms with Gasteiger partial charge >= 0.3 is 0 Å². The number of hydrogen-bond acceptors (Lipinski definition) is 4. The van der Waals surface area contributed by atoms with Crippen molar-refractivity contribution in [2.24, 2.45) is 5.16 Å². The van der Waals surface area contributed by atoms with Crippen LogP contribution in [-0.2, 0) is 10.0 Å². The quantitative estimate of drug-likeness (QED) is 0.375. The molecule has 0 amide bonds. The third-order valence-electron chi connectivity index (χ3n) is 2.47. The molecule has 0 radical (unpaired) electrons. The normalized spacial score (nSPS) is 12.2. The van der Waals surface area contributed by atoms with Crippen LogP contribution in [0.5, 0.6) is 0 Å². The number of nitrogens with zero attached hydrogens (tertiary/aromatic N) is 2. The summed E-state index contributed by atoms with van der Waals surface area (Å²) in [5.41, 5.74) is 1.70. The van der Waals surface area contributed by atoms with Crippen LogP contribution in [0.1, 0.15) is 12.5 Å². The summed E-state index contributed by atoms with van der Waals surface area (Å²) < 4.78 is 26.1. The molecule has 1 aromatic rings. The standard InChI is InChI=1S/C13H18N2O3S/c1-11(2)10-15(9-8-14-16)19(17,18)13-6-4-12(3)5-7-13/h4-8,16H,1,9-10H2,2-3H3/b14-8+. The number of hydrogen-bond donors (Lipinski definition) is 1. The Morgan fingerprint density at radius 2 is 2.00 bits per heavy atom. The van der Waals surface area contributed by atoms with Crippen molar-refractivity contribution in [1.82, 2.24) is 4.31 Å². The van der Waals surface area contributed by atoms with Gasteiger partial charge < -0.3 is 5.21 Å². The Balaban J connectivity index is 3.10. The molecule has 1 aromatic carbocycles. The van der Waals surface area contributed by atoms with Crippen molar-refractivity contribution in [3.05, 3.63) is 42.0 Å². The Kier molecular flexibility index (Phi) is 5.26. The van der Waals surface area contributed by atoms with Gasteiger partial charge in [0.05, 0.1) is 17.7 Å². The molecule has 0 bridgehead atoms. The lowest BCUT2D eigenvalue weighted by Gasteiger charge is -2.20. The summed E-state index contributed by atoms with van der Waals surface area (Å²) in [6.07, 6.45) is 1.13. The fraction of sp³-hybridized carbons (Fsp3) is 0.308. The van der Waals surface area contributed by atoms with Crippen molar-refractivity contribution in [1.29, 1.82) is 0 Å². The van der Waals surface area contributed by atoms with Gasteiger partial charge in [0.1, 0.15) is 0 Å². The van der Waals surface area contributed by atoms with E-state index < -0.39 is 10.0 Å². The molecule has 0 saturated carbocycles. The van der Waals surface area contributed by atoms with E-state index in [-0.39, 0.29) is 18.0 Å². The van der Waals surface area contributed by atoms with Gasteiger partial charge in [0.2, 0.25) is 10.0 Å². The molecule has 0 atom stereocenters. The van der Waals surface area contributed by atoms with Gasteiger partial charge in [0.15, 0.2) is 0 Å². The summed E-state index contributed by atoms with van der Waals surface area (Å²) in [6, 6.07) is 6.61. The van der Waals surface area contributed by atoms with Gasteiger partial charge in [-0.25, -0.2) is 8.42 Å². The van der Waals surface area contributed by atoms with E-state index >= 15 is 0 Å². The van der Waals surface area contributed by atoms with E-state index in [9.17, 15) is 8.42 Å². The molecule has 0 heterocycles. The SMILES string of the molecule is C=C(C)CN(C/C=N/O)S(=O)(=O)c1ccc(C)cc1. The van der Waals surface area contributed by atoms with Crippen LogP contribution in [0, 0.1) is 6.92 Å². The van der Waals surface area contributed by atoms with E-state index in [2.05, 4.69) is 11.7 Å². The molecular weight excluding hydrogens is 264 g/mol. The average Bonchev–Trinajstić information content (AvgIpc) is 2.34. The number of benzene rings is 1. The van der Waals surface area contributed by atoms with Crippen molar-refractivity contribution in [2.75, 3.05) is 13.1 Å². The molecule has 1 rings (SSSR count). The van der Waals surface area contributed by atoms with E-state index in [1.165, 1.54) is 4.31 Å². The maximum Gasteiger partial charge on any atom is 0.243 e. The van der Waals surface area contributed by atoms with E-state index in [1.54, 1.807) is 31.2 Å². The Bertz CT molecular complexity index is 562. The molecular formula is C13H18N2O3S. The third kappa shape index (κ3) is 4.18. The van der Waals surface area contributed by atoms with Gasteiger partial charge in [-0.2, -0.15) is 4.31 Å². The number of oxime groups is 1. The Morgan fingerprint density at radius 1 is 1.42 bits per heavy atom. The maximum atomic E-state index is 12.4. The zero-order valence-corrected chi connectivity index (χ0v) is 11.9. The molecule has 5 nitrogen and oxygen atoms in total. The highest BCUT2D eigenvalue weighted by molar-refractivity contribution is 7.89. The second-order valence-corrected chi connectivity index (χ2v) is 6.30. The first-order valence-corrected chi connectivity index (χ1v) is 7.19. The predicted octanol–water partition coefficient (Wildman–Crippen LogP) is 2.02. The minimum absolute atomic E-state index is 0.000427. The lowest BCUT2D eigenvalue weighted by Crippen LogP contribution is -2.34. The molecule has 0 aliphatic heterocycles. The zero-order chi connectivity index (χ0) is 14.5. The van der Waals surface area contributed by atoms with Crippen LogP contribution < -0.4 is 0 Å². The lowest BCUT2D eigenvalue weighted by atomic mass is 10.2. The smallest absolute Gasteiger partial charge is 0.243 e. The molecule has 0 aliphatic carbocycles. The van der Waals surface area contributed by atoms with E-state index in [1.807, 2.05) is 6.92 Å². The van der Waals surface area contributed by atoms with Gasteiger partial charge in [0.25, 0.3) is 0 Å². The first-order chi connectivity index (χ1) is 8.87. The summed E-state index contributed by atoms with van der Waals surface area (Å²) in [5, 5.41) is 11.3. The van der Waals surface area contributed by atoms with E-state index in [0.717, 1.165) is 11.8 Å². The van der Waals surface area contributed by atoms with E-state index in [0.29, 0.717) is 5.57 Å². The molecule has 0 fully saturated rings. The summed E-state index contributed by atoms with van der Waals surface area (Å²) in [5.74, 6) is 0. The third-order valence-corrected chi connectivity index (χ3v) is 4.30. The maximum absolute atomic E-state index is 12.4. The van der Waals surface area contributed by atoms with Crippen LogP contribution in [-0.4, -0.2) is 37.2 Å². The monoisotopic (exact) mass is 282 g/mol. The number of aryl methyl sites for hydroxylation is 1. The van der Waals surface area contributed by atoms with Crippen molar-refractivity contribution < 1.29 is 13.6 Å². The minimum atomic E-state index is -3.62. The molecule has 0 aromatic heterocycles. The number of rotatable bonds is 6.